The highest BCUT2D eigenvalue weighted by Crippen LogP contribution is 2.24. The lowest BCUT2D eigenvalue weighted by Gasteiger charge is -2.00. The van der Waals surface area contributed by atoms with Crippen molar-refractivity contribution < 1.29 is 18.4 Å². The molecule has 0 aliphatic heterocycles. The normalized spacial score (nSPS) is 10.8. The molecule has 116 valence electrons. The van der Waals surface area contributed by atoms with Crippen LogP contribution in [0, 0.1) is 0 Å². The van der Waals surface area contributed by atoms with Gasteiger partial charge in [0.05, 0.1) is 0 Å². The van der Waals surface area contributed by atoms with Crippen molar-refractivity contribution in [3.05, 3.63) is 83.8 Å². The molecule has 2 aromatic heterocycles. The van der Waals surface area contributed by atoms with Crippen molar-refractivity contribution in [1.29, 1.82) is 0 Å². The van der Waals surface area contributed by atoms with Crippen molar-refractivity contribution in [2.75, 3.05) is 0 Å². The van der Waals surface area contributed by atoms with Gasteiger partial charge in [0.2, 0.25) is 5.78 Å². The van der Waals surface area contributed by atoms with Crippen LogP contribution >= 0.6 is 0 Å². The molecule has 4 rings (SSSR count). The molecular weight excluding hydrogens is 304 g/mol. The summed E-state index contributed by atoms with van der Waals surface area (Å²) in [5.41, 5.74) is 2.01. The zero-order valence-corrected chi connectivity index (χ0v) is 12.6. The highest BCUT2D eigenvalue weighted by Gasteiger charge is 2.15. The van der Waals surface area contributed by atoms with Crippen molar-refractivity contribution in [3.8, 4) is 11.3 Å². The van der Waals surface area contributed by atoms with Crippen LogP contribution in [0.2, 0.25) is 0 Å². The van der Waals surface area contributed by atoms with E-state index in [1.54, 1.807) is 42.5 Å². The van der Waals surface area contributed by atoms with Crippen LogP contribution in [0.25, 0.3) is 22.3 Å². The molecule has 0 bridgehead atoms. The Labute approximate surface area is 137 Å². The van der Waals surface area contributed by atoms with Crippen LogP contribution in [-0.2, 0) is 0 Å². The number of benzene rings is 2. The summed E-state index contributed by atoms with van der Waals surface area (Å²) in [4.78, 5) is 23.2. The molecule has 4 nitrogen and oxygen atoms in total. The van der Waals surface area contributed by atoms with Crippen molar-refractivity contribution in [3.63, 3.8) is 0 Å². The van der Waals surface area contributed by atoms with E-state index in [0.29, 0.717) is 29.0 Å². The van der Waals surface area contributed by atoms with E-state index in [9.17, 15) is 9.59 Å². The number of furan rings is 2. The highest BCUT2D eigenvalue weighted by molar-refractivity contribution is 6.09. The molecule has 0 aliphatic carbocycles. The first kappa shape index (κ1) is 14.2. The van der Waals surface area contributed by atoms with Gasteiger partial charge in [0.15, 0.2) is 17.8 Å². The average Bonchev–Trinajstić information content (AvgIpc) is 3.28. The number of hydrogen-bond acceptors (Lipinski definition) is 4. The number of para-hydroxylation sites is 1. The molecule has 24 heavy (non-hydrogen) atoms. The Morgan fingerprint density at radius 1 is 0.875 bits per heavy atom. The van der Waals surface area contributed by atoms with Crippen LogP contribution in [0.5, 0.6) is 0 Å². The molecule has 0 amide bonds. The number of aldehydes is 1. The number of carbonyl (C=O) groups is 2. The summed E-state index contributed by atoms with van der Waals surface area (Å²) in [6.45, 7) is 0. The first-order valence-electron chi connectivity index (χ1n) is 7.43. The molecule has 0 saturated heterocycles. The van der Waals surface area contributed by atoms with Gasteiger partial charge < -0.3 is 8.83 Å². The van der Waals surface area contributed by atoms with E-state index < -0.39 is 0 Å². The highest BCUT2D eigenvalue weighted by atomic mass is 16.3. The van der Waals surface area contributed by atoms with Crippen LogP contribution in [-0.4, -0.2) is 12.1 Å². The summed E-state index contributed by atoms with van der Waals surface area (Å²) in [5.74, 6) is 0.989. The van der Waals surface area contributed by atoms with E-state index in [4.69, 9.17) is 8.83 Å². The number of ketones is 1. The standard InChI is InChI=1S/C20H12O4/c21-12-16-9-10-18(23-16)13-5-7-14(8-6-13)20(22)19-11-15-3-1-2-4-17(15)24-19/h1-12H. The Morgan fingerprint density at radius 3 is 2.38 bits per heavy atom. The quantitative estimate of drug-likeness (QED) is 0.403. The predicted molar refractivity (Wildman–Crippen MR) is 89.2 cm³/mol. The van der Waals surface area contributed by atoms with Crippen molar-refractivity contribution in [2.24, 2.45) is 0 Å². The number of fused-ring (bicyclic) bond motifs is 1. The van der Waals surface area contributed by atoms with Gasteiger partial charge in [-0.25, -0.2) is 0 Å². The van der Waals surface area contributed by atoms with E-state index >= 15 is 0 Å². The van der Waals surface area contributed by atoms with E-state index in [1.165, 1.54) is 0 Å². The van der Waals surface area contributed by atoms with Crippen molar-refractivity contribution >= 4 is 23.0 Å². The summed E-state index contributed by atoms with van der Waals surface area (Å²) in [5, 5.41) is 0.898. The Balaban J connectivity index is 1.64. The third-order valence-corrected chi connectivity index (χ3v) is 3.82. The smallest absolute Gasteiger partial charge is 0.228 e. The summed E-state index contributed by atoms with van der Waals surface area (Å²) >= 11 is 0. The fourth-order valence-electron chi connectivity index (χ4n) is 2.59. The maximum atomic E-state index is 12.6. The second kappa shape index (κ2) is 5.66. The third-order valence-electron chi connectivity index (χ3n) is 3.82. The second-order valence-corrected chi connectivity index (χ2v) is 5.37. The molecule has 0 N–H and O–H groups in total. The zero-order valence-electron chi connectivity index (χ0n) is 12.6. The van der Waals surface area contributed by atoms with Crippen molar-refractivity contribution in [2.45, 2.75) is 0 Å². The lowest BCUT2D eigenvalue weighted by atomic mass is 10.1. The lowest BCUT2D eigenvalue weighted by Crippen LogP contribution is -1.98. The number of carbonyl (C=O) groups excluding carboxylic acids is 2. The van der Waals surface area contributed by atoms with Gasteiger partial charge in [0.1, 0.15) is 11.3 Å². The fraction of sp³-hybridized carbons (Fsp3) is 0. The average molecular weight is 316 g/mol. The zero-order chi connectivity index (χ0) is 16.5. The molecule has 0 fully saturated rings. The molecule has 4 aromatic rings. The summed E-state index contributed by atoms with van der Waals surface area (Å²) in [6, 6.07) is 19.6. The van der Waals surface area contributed by atoms with Gasteiger partial charge in [-0.1, -0.05) is 42.5 Å². The Hall–Kier alpha value is -3.40. The van der Waals surface area contributed by atoms with Gasteiger partial charge in [-0.05, 0) is 24.3 Å². The fourth-order valence-corrected chi connectivity index (χ4v) is 2.59. The SMILES string of the molecule is O=Cc1ccc(-c2ccc(C(=O)c3cc4ccccc4o3)cc2)o1. The maximum absolute atomic E-state index is 12.6. The molecule has 0 atom stereocenters. The number of hydrogen-bond donors (Lipinski definition) is 0. The van der Waals surface area contributed by atoms with Crippen LogP contribution in [0.4, 0.5) is 0 Å². The van der Waals surface area contributed by atoms with Gasteiger partial charge in [0.25, 0.3) is 0 Å². The van der Waals surface area contributed by atoms with E-state index in [-0.39, 0.29) is 11.5 Å². The topological polar surface area (TPSA) is 60.4 Å². The van der Waals surface area contributed by atoms with E-state index in [0.717, 1.165) is 10.9 Å². The Bertz CT molecular complexity index is 1000. The molecule has 0 radical (unpaired) electrons. The van der Waals surface area contributed by atoms with Gasteiger partial charge in [-0.3, -0.25) is 9.59 Å². The maximum Gasteiger partial charge on any atom is 0.228 e. The lowest BCUT2D eigenvalue weighted by molar-refractivity contribution is 0.101. The van der Waals surface area contributed by atoms with Gasteiger partial charge in [0, 0.05) is 16.5 Å². The molecule has 4 heteroatoms. The van der Waals surface area contributed by atoms with Crippen LogP contribution in [0.3, 0.4) is 0 Å². The first-order valence-corrected chi connectivity index (χ1v) is 7.43. The minimum absolute atomic E-state index is 0.175. The van der Waals surface area contributed by atoms with Gasteiger partial charge in [-0.2, -0.15) is 0 Å². The molecule has 0 unspecified atom stereocenters. The first-order chi connectivity index (χ1) is 11.7. The van der Waals surface area contributed by atoms with Crippen LogP contribution in [0.15, 0.2) is 75.6 Å². The van der Waals surface area contributed by atoms with E-state index in [1.807, 2.05) is 24.3 Å². The summed E-state index contributed by atoms with van der Waals surface area (Å²) in [7, 11) is 0. The predicted octanol–water partition coefficient (Wildman–Crippen LogP) is 4.74. The molecule has 0 spiro atoms. The van der Waals surface area contributed by atoms with Gasteiger partial charge in [-0.15, -0.1) is 0 Å². The summed E-state index contributed by atoms with van der Waals surface area (Å²) < 4.78 is 11.0. The van der Waals surface area contributed by atoms with Crippen LogP contribution in [0.1, 0.15) is 26.7 Å². The summed E-state index contributed by atoms with van der Waals surface area (Å²) in [6.07, 6.45) is 0.656. The Kier molecular flexibility index (Phi) is 3.35. The van der Waals surface area contributed by atoms with Crippen LogP contribution < -0.4 is 0 Å². The second-order valence-electron chi connectivity index (χ2n) is 5.37. The van der Waals surface area contributed by atoms with E-state index in [2.05, 4.69) is 0 Å². The minimum Gasteiger partial charge on any atom is -0.453 e. The largest absolute Gasteiger partial charge is 0.453 e. The van der Waals surface area contributed by atoms with Crippen molar-refractivity contribution in [1.82, 2.24) is 0 Å². The Morgan fingerprint density at radius 2 is 1.67 bits per heavy atom. The third kappa shape index (κ3) is 2.44. The number of rotatable bonds is 4. The minimum atomic E-state index is -0.175. The molecule has 2 heterocycles. The van der Waals surface area contributed by atoms with Gasteiger partial charge >= 0.3 is 0 Å². The molecule has 2 aromatic carbocycles. The molecule has 0 aliphatic rings. The monoisotopic (exact) mass is 316 g/mol. The molecular formula is C20H12O4. The molecule has 0 saturated carbocycles.